The number of amides is 2. The number of hydrogen-bond acceptors (Lipinski definition) is 3. The molecule has 0 bridgehead atoms. The highest BCUT2D eigenvalue weighted by Gasteiger charge is 2.13. The number of carbonyl (C=O) groups excluding carboxylic acids is 2. The minimum Gasteiger partial charge on any atom is -0.346 e. The van der Waals surface area contributed by atoms with E-state index >= 15 is 0 Å². The van der Waals surface area contributed by atoms with Crippen LogP contribution in [0.4, 0.5) is 0 Å². The van der Waals surface area contributed by atoms with Gasteiger partial charge in [-0.3, -0.25) is 9.59 Å². The van der Waals surface area contributed by atoms with Gasteiger partial charge in [0.15, 0.2) is 4.80 Å². The molecule has 4 rings (SSSR count). The summed E-state index contributed by atoms with van der Waals surface area (Å²) >= 11 is 13.5. The molecule has 1 N–H and O–H groups in total. The van der Waals surface area contributed by atoms with Crippen LogP contribution in [0.25, 0.3) is 0 Å². The first kappa shape index (κ1) is 24.9. The third-order valence-electron chi connectivity index (χ3n) is 5.41. The van der Waals surface area contributed by atoms with Crippen molar-refractivity contribution in [2.45, 2.75) is 26.4 Å². The van der Waals surface area contributed by atoms with Crippen molar-refractivity contribution in [2.24, 2.45) is 4.99 Å². The van der Waals surface area contributed by atoms with Gasteiger partial charge in [0.2, 0.25) is 0 Å². The summed E-state index contributed by atoms with van der Waals surface area (Å²) in [5.74, 6) is -0.560. The monoisotopic (exact) mass is 523 g/mol. The van der Waals surface area contributed by atoms with Gasteiger partial charge in [-0.05, 0) is 55.3 Å². The molecule has 1 aromatic heterocycles. The van der Waals surface area contributed by atoms with Crippen molar-refractivity contribution in [1.82, 2.24) is 9.88 Å². The molecule has 0 saturated carbocycles. The lowest BCUT2D eigenvalue weighted by atomic mass is 10.1. The molecule has 1 heterocycles. The lowest BCUT2D eigenvalue weighted by molar-refractivity contribution is 0.0938. The Balaban J connectivity index is 1.49. The average Bonchev–Trinajstić information content (AvgIpc) is 3.18. The number of halogens is 2. The molecule has 0 unspecified atom stereocenters. The van der Waals surface area contributed by atoms with Crippen LogP contribution in [0.1, 0.15) is 49.7 Å². The molecule has 178 valence electrons. The zero-order valence-electron chi connectivity index (χ0n) is 19.2. The zero-order chi connectivity index (χ0) is 24.9. The van der Waals surface area contributed by atoms with Crippen LogP contribution in [0.3, 0.4) is 0 Å². The van der Waals surface area contributed by atoms with Crippen molar-refractivity contribution >= 4 is 46.4 Å². The number of benzene rings is 3. The van der Waals surface area contributed by atoms with Crippen LogP contribution < -0.4 is 10.1 Å². The van der Waals surface area contributed by atoms with Gasteiger partial charge in [-0.1, -0.05) is 65.7 Å². The first-order valence-electron chi connectivity index (χ1n) is 11.0. The Hall–Kier alpha value is -3.19. The summed E-state index contributed by atoms with van der Waals surface area (Å²) in [4.78, 5) is 31.3. The third kappa shape index (κ3) is 6.28. The van der Waals surface area contributed by atoms with E-state index in [4.69, 9.17) is 23.2 Å². The molecule has 0 radical (unpaired) electrons. The normalized spacial score (nSPS) is 12.4. The van der Waals surface area contributed by atoms with Crippen molar-refractivity contribution in [1.29, 1.82) is 0 Å². The number of aryl methyl sites for hydroxylation is 1. The van der Waals surface area contributed by atoms with Crippen molar-refractivity contribution in [3.8, 4) is 0 Å². The summed E-state index contributed by atoms with van der Waals surface area (Å²) in [5, 5.41) is 3.75. The summed E-state index contributed by atoms with van der Waals surface area (Å²) < 4.78 is 1.91. The minimum atomic E-state index is -0.429. The van der Waals surface area contributed by atoms with Gasteiger partial charge in [0.25, 0.3) is 11.8 Å². The Morgan fingerprint density at radius 1 is 1.03 bits per heavy atom. The lowest BCUT2D eigenvalue weighted by Gasteiger charge is -2.14. The maximum absolute atomic E-state index is 12.7. The van der Waals surface area contributed by atoms with Crippen LogP contribution in [-0.2, 0) is 6.54 Å². The number of rotatable bonds is 6. The number of nitrogens with one attached hydrogen (secondary N) is 1. The number of carbonyl (C=O) groups is 2. The first-order valence-corrected chi connectivity index (χ1v) is 12.5. The number of thiazole rings is 1. The molecular formula is C27H23Cl2N3O2S. The predicted molar refractivity (Wildman–Crippen MR) is 141 cm³/mol. The van der Waals surface area contributed by atoms with Crippen molar-refractivity contribution in [3.63, 3.8) is 0 Å². The molecule has 0 aliphatic carbocycles. The maximum Gasteiger partial charge on any atom is 0.281 e. The van der Waals surface area contributed by atoms with Crippen LogP contribution in [0.2, 0.25) is 10.0 Å². The van der Waals surface area contributed by atoms with Crippen molar-refractivity contribution in [2.75, 3.05) is 0 Å². The van der Waals surface area contributed by atoms with E-state index < -0.39 is 5.91 Å². The summed E-state index contributed by atoms with van der Waals surface area (Å²) in [7, 11) is 0. The highest BCUT2D eigenvalue weighted by atomic mass is 35.5. The van der Waals surface area contributed by atoms with E-state index in [1.54, 1.807) is 24.3 Å². The van der Waals surface area contributed by atoms with Gasteiger partial charge in [0.05, 0.1) is 16.6 Å². The van der Waals surface area contributed by atoms with E-state index in [-0.39, 0.29) is 17.0 Å². The molecule has 8 heteroatoms. The highest BCUT2D eigenvalue weighted by Crippen LogP contribution is 2.21. The molecule has 0 spiro atoms. The first-order chi connectivity index (χ1) is 16.8. The second-order valence-corrected chi connectivity index (χ2v) is 10.2. The van der Waals surface area contributed by atoms with Crippen LogP contribution in [-0.4, -0.2) is 16.4 Å². The largest absolute Gasteiger partial charge is 0.346 e. The Morgan fingerprint density at radius 2 is 1.74 bits per heavy atom. The fraction of sp³-hybridized carbons (Fsp3) is 0.148. The van der Waals surface area contributed by atoms with E-state index in [0.29, 0.717) is 27.5 Å². The number of hydrogen-bond donors (Lipinski definition) is 1. The van der Waals surface area contributed by atoms with E-state index in [0.717, 1.165) is 16.0 Å². The average molecular weight is 524 g/mol. The van der Waals surface area contributed by atoms with E-state index in [2.05, 4.69) is 10.3 Å². The Bertz CT molecular complexity index is 1430. The van der Waals surface area contributed by atoms with Gasteiger partial charge in [0.1, 0.15) is 0 Å². The van der Waals surface area contributed by atoms with Gasteiger partial charge >= 0.3 is 0 Å². The molecule has 3 aromatic carbocycles. The Morgan fingerprint density at radius 3 is 2.43 bits per heavy atom. The van der Waals surface area contributed by atoms with Crippen LogP contribution in [0, 0.1) is 6.92 Å². The van der Waals surface area contributed by atoms with E-state index in [1.807, 2.05) is 67.1 Å². The summed E-state index contributed by atoms with van der Waals surface area (Å²) in [6.45, 7) is 4.43. The van der Waals surface area contributed by atoms with Crippen molar-refractivity contribution < 1.29 is 9.59 Å². The third-order valence-corrected chi connectivity index (χ3v) is 6.89. The summed E-state index contributed by atoms with van der Waals surface area (Å²) in [6.07, 6.45) is 1.95. The number of nitrogens with zero attached hydrogens (tertiary/aromatic N) is 2. The van der Waals surface area contributed by atoms with E-state index in [9.17, 15) is 9.59 Å². The van der Waals surface area contributed by atoms with Crippen LogP contribution >= 0.6 is 34.5 Å². The summed E-state index contributed by atoms with van der Waals surface area (Å²) in [5.41, 5.74) is 2.91. The molecule has 0 saturated heterocycles. The van der Waals surface area contributed by atoms with Gasteiger partial charge < -0.3 is 9.88 Å². The smallest absolute Gasteiger partial charge is 0.281 e. The Kier molecular flexibility index (Phi) is 7.86. The van der Waals surface area contributed by atoms with Crippen LogP contribution in [0.15, 0.2) is 84.0 Å². The molecule has 0 aliphatic heterocycles. The molecule has 4 aromatic rings. The van der Waals surface area contributed by atoms with Crippen molar-refractivity contribution in [3.05, 3.63) is 121 Å². The SMILES string of the molecule is Cc1cn(Cc2ccc(C(=O)N[C@H](C)c3ccccc3)cc2)c(=NC(=O)c2ccc(Cl)cc2Cl)s1. The van der Waals surface area contributed by atoms with Crippen LogP contribution in [0.5, 0.6) is 0 Å². The zero-order valence-corrected chi connectivity index (χ0v) is 21.5. The molecule has 0 aliphatic rings. The standard InChI is InChI=1S/C27H23Cl2N3O2S/c1-17-15-32(27(35-17)31-26(34)23-13-12-22(28)14-24(23)29)16-19-8-10-21(11-9-19)25(33)30-18(2)20-6-4-3-5-7-20/h3-15,18H,16H2,1-2H3,(H,30,33)/t18-/m1/s1. The predicted octanol–water partition coefficient (Wildman–Crippen LogP) is 6.45. The molecule has 35 heavy (non-hydrogen) atoms. The van der Waals surface area contributed by atoms with Gasteiger partial charge in [-0.15, -0.1) is 11.3 Å². The second-order valence-electron chi connectivity index (χ2n) is 8.10. The quantitative estimate of drug-likeness (QED) is 0.315. The maximum atomic E-state index is 12.7. The molecule has 5 nitrogen and oxygen atoms in total. The highest BCUT2D eigenvalue weighted by molar-refractivity contribution is 7.09. The summed E-state index contributed by atoms with van der Waals surface area (Å²) in [6, 6.07) is 21.9. The minimum absolute atomic E-state index is 0.0939. The molecule has 2 amide bonds. The van der Waals surface area contributed by atoms with Gasteiger partial charge in [-0.25, -0.2) is 0 Å². The second kappa shape index (κ2) is 11.0. The van der Waals surface area contributed by atoms with E-state index in [1.165, 1.54) is 17.4 Å². The Labute approximate surface area is 217 Å². The molecule has 1 atom stereocenters. The van der Waals surface area contributed by atoms with Gasteiger partial charge in [-0.2, -0.15) is 4.99 Å². The van der Waals surface area contributed by atoms with Gasteiger partial charge in [0, 0.05) is 28.2 Å². The molecule has 0 fully saturated rings. The molecular weight excluding hydrogens is 501 g/mol. The fourth-order valence-electron chi connectivity index (χ4n) is 3.58. The topological polar surface area (TPSA) is 63.5 Å². The number of aromatic nitrogens is 1. The fourth-order valence-corrected chi connectivity index (χ4v) is 4.90. The lowest BCUT2D eigenvalue weighted by Crippen LogP contribution is -2.26.